The molecule has 3 aromatic rings. The summed E-state index contributed by atoms with van der Waals surface area (Å²) in [6.07, 6.45) is 1.72. The van der Waals surface area contributed by atoms with Crippen molar-refractivity contribution in [2.75, 3.05) is 13.7 Å². The van der Waals surface area contributed by atoms with Crippen LogP contribution in [0.4, 0.5) is 5.69 Å². The number of aromatic amines is 1. The van der Waals surface area contributed by atoms with E-state index in [1.807, 2.05) is 6.92 Å². The number of rotatable bonds is 8. The van der Waals surface area contributed by atoms with E-state index < -0.39 is 17.5 Å². The molecule has 0 aliphatic rings. The van der Waals surface area contributed by atoms with Crippen LogP contribution in [0.5, 0.6) is 5.75 Å². The second-order valence-electron chi connectivity index (χ2n) is 6.32. The number of aliphatic imine (C=N–C) groups is 1. The van der Waals surface area contributed by atoms with E-state index in [0.29, 0.717) is 23.6 Å². The molecule has 1 aromatic heterocycles. The molecule has 3 rings (SSSR count). The van der Waals surface area contributed by atoms with Gasteiger partial charge in [-0.15, -0.1) is 0 Å². The van der Waals surface area contributed by atoms with Gasteiger partial charge in [-0.05, 0) is 52.8 Å². The summed E-state index contributed by atoms with van der Waals surface area (Å²) < 4.78 is 16.2. The molecule has 0 radical (unpaired) electrons. The molecule has 30 heavy (non-hydrogen) atoms. The van der Waals surface area contributed by atoms with Gasteiger partial charge in [0, 0.05) is 12.1 Å². The molecule has 0 atom stereocenters. The number of hydrogen-bond acceptors (Lipinski definition) is 7. The Bertz CT molecular complexity index is 1080. The summed E-state index contributed by atoms with van der Waals surface area (Å²) in [6, 6.07) is 12.7. The van der Waals surface area contributed by atoms with E-state index in [1.165, 1.54) is 36.1 Å². The molecule has 1 heterocycles. The predicted octanol–water partition coefficient (Wildman–Crippen LogP) is 1.65. The van der Waals surface area contributed by atoms with E-state index >= 15 is 0 Å². The molecule has 9 heteroatoms. The fourth-order valence-corrected chi connectivity index (χ4v) is 2.60. The van der Waals surface area contributed by atoms with Gasteiger partial charge in [0.2, 0.25) is 5.69 Å². The average Bonchev–Trinajstić information content (AvgIpc) is 3.16. The minimum atomic E-state index is -0.851. The first-order valence-corrected chi connectivity index (χ1v) is 9.34. The van der Waals surface area contributed by atoms with Gasteiger partial charge in [0.1, 0.15) is 5.75 Å². The quantitative estimate of drug-likeness (QED) is 0.198. The van der Waals surface area contributed by atoms with Crippen molar-refractivity contribution in [3.05, 3.63) is 70.2 Å². The number of esters is 1. The molecule has 0 aliphatic heterocycles. The number of aromatic nitrogens is 2. The fraction of sp³-hybridized carbons (Fsp3) is 0.238. The Morgan fingerprint density at radius 1 is 1.17 bits per heavy atom. The smallest absolute Gasteiger partial charge is 0.436 e. The first-order valence-electron chi connectivity index (χ1n) is 9.34. The van der Waals surface area contributed by atoms with E-state index in [4.69, 9.17) is 14.0 Å². The van der Waals surface area contributed by atoms with Crippen LogP contribution in [0, 0.1) is 0 Å². The maximum atomic E-state index is 12.6. The molecule has 9 nitrogen and oxygen atoms in total. The Morgan fingerprint density at radius 2 is 1.87 bits per heavy atom. The first-order chi connectivity index (χ1) is 14.5. The molecule has 2 aromatic carbocycles. The van der Waals surface area contributed by atoms with Crippen molar-refractivity contribution < 1.29 is 28.6 Å². The number of nitrogens with zero attached hydrogens (tertiary/aromatic N) is 2. The van der Waals surface area contributed by atoms with Gasteiger partial charge in [-0.1, -0.05) is 13.3 Å². The number of ether oxygens (including phenoxy) is 2. The molecule has 0 unspecified atom stereocenters. The van der Waals surface area contributed by atoms with Crippen molar-refractivity contribution in [2.45, 2.75) is 19.8 Å². The Morgan fingerprint density at radius 3 is 2.50 bits per heavy atom. The van der Waals surface area contributed by atoms with E-state index in [-0.39, 0.29) is 11.4 Å². The predicted molar refractivity (Wildman–Crippen MR) is 105 cm³/mol. The summed E-state index contributed by atoms with van der Waals surface area (Å²) in [5.41, 5.74) is -0.0109. The van der Waals surface area contributed by atoms with Crippen LogP contribution in [0.1, 0.15) is 35.8 Å². The number of methoxy groups -OCH3 is 1. The molecule has 0 saturated carbocycles. The lowest BCUT2D eigenvalue weighted by atomic mass is 10.2. The largest absolute Gasteiger partial charge is 0.854 e. The zero-order chi connectivity index (χ0) is 21.5. The molecule has 0 spiro atoms. The molecule has 0 aliphatic carbocycles. The fourth-order valence-electron chi connectivity index (χ4n) is 2.60. The van der Waals surface area contributed by atoms with E-state index in [0.717, 1.165) is 12.8 Å². The zero-order valence-corrected chi connectivity index (χ0v) is 16.6. The summed E-state index contributed by atoms with van der Waals surface area (Å²) in [5.74, 6) is -0.611. The van der Waals surface area contributed by atoms with Gasteiger partial charge in [0.05, 0.1) is 30.9 Å². The van der Waals surface area contributed by atoms with Crippen LogP contribution in [0.25, 0.3) is 5.69 Å². The summed E-state index contributed by atoms with van der Waals surface area (Å²) in [6.45, 7) is 2.36. The van der Waals surface area contributed by atoms with E-state index in [9.17, 15) is 14.7 Å². The van der Waals surface area contributed by atoms with Crippen molar-refractivity contribution in [1.29, 1.82) is 0 Å². The average molecular weight is 411 g/mol. The molecule has 0 amide bonds. The minimum absolute atomic E-state index is 0.284. The van der Waals surface area contributed by atoms with Gasteiger partial charge in [-0.2, -0.15) is 0 Å². The third-order valence-corrected chi connectivity index (χ3v) is 4.24. The Hall–Kier alpha value is -3.88. The third kappa shape index (κ3) is 4.75. The number of hydrogen-bond donors (Lipinski definition) is 1. The van der Waals surface area contributed by atoms with Crippen LogP contribution < -0.4 is 20.2 Å². The molecule has 156 valence electrons. The number of carbonyl (C=O) groups excluding carboxylic acids is 1. The SMILES string of the molecule is CCCCOC(=O)c1ccc(N=C([O-])c2c(=O)o[nH][n+]2-c2ccc(OC)cc2)cc1. The highest BCUT2D eigenvalue weighted by Crippen LogP contribution is 2.15. The Labute approximate surface area is 172 Å². The summed E-state index contributed by atoms with van der Waals surface area (Å²) >= 11 is 0. The maximum absolute atomic E-state index is 12.6. The van der Waals surface area contributed by atoms with Crippen LogP contribution in [-0.4, -0.2) is 30.9 Å². The topological polar surface area (TPSA) is 121 Å². The lowest BCUT2D eigenvalue weighted by molar-refractivity contribution is -0.673. The zero-order valence-electron chi connectivity index (χ0n) is 16.6. The summed E-state index contributed by atoms with van der Waals surface area (Å²) in [5, 5.41) is 15.0. The van der Waals surface area contributed by atoms with Crippen LogP contribution in [0.3, 0.4) is 0 Å². The van der Waals surface area contributed by atoms with Gasteiger partial charge in [-0.25, -0.2) is 9.59 Å². The second kappa shape index (κ2) is 9.55. The summed E-state index contributed by atoms with van der Waals surface area (Å²) in [4.78, 5) is 27.9. The molecule has 0 fully saturated rings. The van der Waals surface area contributed by atoms with Crippen molar-refractivity contribution in [3.63, 3.8) is 0 Å². The summed E-state index contributed by atoms with van der Waals surface area (Å²) in [7, 11) is 1.53. The lowest BCUT2D eigenvalue weighted by Crippen LogP contribution is -2.44. The van der Waals surface area contributed by atoms with Crippen molar-refractivity contribution in [1.82, 2.24) is 5.27 Å². The highest BCUT2D eigenvalue weighted by Gasteiger charge is 2.24. The van der Waals surface area contributed by atoms with Crippen LogP contribution in [0.2, 0.25) is 0 Å². The molecular weight excluding hydrogens is 390 g/mol. The van der Waals surface area contributed by atoms with Crippen LogP contribution >= 0.6 is 0 Å². The van der Waals surface area contributed by atoms with Gasteiger partial charge in [0.15, 0.2) is 0 Å². The van der Waals surface area contributed by atoms with Gasteiger partial charge in [-0.3, -0.25) is 9.52 Å². The first kappa shape index (κ1) is 20.8. The van der Waals surface area contributed by atoms with Crippen molar-refractivity contribution in [3.8, 4) is 11.4 Å². The third-order valence-electron chi connectivity index (χ3n) is 4.24. The number of H-pyrrole nitrogens is 1. The van der Waals surface area contributed by atoms with Gasteiger partial charge in [0.25, 0.3) is 0 Å². The minimum Gasteiger partial charge on any atom is -0.854 e. The molecule has 0 saturated heterocycles. The van der Waals surface area contributed by atoms with Crippen molar-refractivity contribution in [2.24, 2.45) is 4.99 Å². The maximum Gasteiger partial charge on any atom is 0.436 e. The van der Waals surface area contributed by atoms with Crippen molar-refractivity contribution >= 4 is 17.6 Å². The van der Waals surface area contributed by atoms with Crippen LogP contribution in [0.15, 0.2) is 62.8 Å². The van der Waals surface area contributed by atoms with Crippen LogP contribution in [-0.2, 0) is 4.74 Å². The number of nitrogens with one attached hydrogen (secondary N) is 1. The second-order valence-corrected chi connectivity index (χ2v) is 6.32. The number of carbonyl (C=O) groups is 1. The monoisotopic (exact) mass is 411 g/mol. The normalized spacial score (nSPS) is 11.3. The number of benzene rings is 2. The highest BCUT2D eigenvalue weighted by atomic mass is 16.5. The molecule has 0 bridgehead atoms. The molecule has 1 N–H and O–H groups in total. The number of unbranched alkanes of at least 4 members (excludes halogenated alkanes) is 1. The highest BCUT2D eigenvalue weighted by molar-refractivity contribution is 5.91. The van der Waals surface area contributed by atoms with E-state index in [1.54, 1.807) is 24.3 Å². The Kier molecular flexibility index (Phi) is 6.63. The van der Waals surface area contributed by atoms with E-state index in [2.05, 4.69) is 10.3 Å². The van der Waals surface area contributed by atoms with Gasteiger partial charge >= 0.3 is 17.3 Å². The Balaban J connectivity index is 1.83. The lowest BCUT2D eigenvalue weighted by Gasteiger charge is -2.06. The standard InChI is InChI=1S/C21H21N3O6/c1-3-4-13-29-20(26)14-5-7-15(8-6-14)22-19(25)18-21(27)30-23-24(18)16-9-11-17(28-2)12-10-16/h5-12H,3-4,13H2,1-2H3,(H-,22,23,25,26,27). The molecular formula is C21H21N3O6. The van der Waals surface area contributed by atoms with Gasteiger partial charge < -0.3 is 14.6 Å².